The molecule has 2 atom stereocenters. The van der Waals surface area contributed by atoms with Crippen LogP contribution in [0.1, 0.15) is 68.4 Å². The lowest BCUT2D eigenvalue weighted by Crippen LogP contribution is -2.39. The molecule has 1 fully saturated rings. The highest BCUT2D eigenvalue weighted by Gasteiger charge is 2.32. The fraction of sp³-hybridized carbons (Fsp3) is 0.609. The molecular formula is C23H30F3NO4. The molecule has 0 radical (unpaired) electrons. The van der Waals surface area contributed by atoms with Gasteiger partial charge < -0.3 is 19.9 Å². The molecule has 0 bridgehead atoms. The maximum atomic E-state index is 12.9. The third-order valence-electron chi connectivity index (χ3n) is 5.74. The molecule has 0 saturated heterocycles. The van der Waals surface area contributed by atoms with Crippen LogP contribution in [0, 0.1) is 0 Å². The molecule has 0 unspecified atom stereocenters. The molecule has 3 rings (SSSR count). The number of unbranched alkanes of at least 4 members (excludes halogenated alkanes) is 1. The molecule has 1 amide bonds. The van der Waals surface area contributed by atoms with Gasteiger partial charge in [0.2, 0.25) is 6.29 Å². The molecule has 0 spiro atoms. The van der Waals surface area contributed by atoms with E-state index in [0.717, 1.165) is 37.8 Å². The van der Waals surface area contributed by atoms with E-state index in [4.69, 9.17) is 14.6 Å². The number of rotatable bonds is 8. The highest BCUT2D eigenvalue weighted by atomic mass is 19.4. The van der Waals surface area contributed by atoms with Gasteiger partial charge in [-0.15, -0.1) is 0 Å². The van der Waals surface area contributed by atoms with Crippen molar-refractivity contribution in [1.29, 1.82) is 0 Å². The molecule has 1 heterocycles. The summed E-state index contributed by atoms with van der Waals surface area (Å²) in [5.74, 6) is -0.465. The van der Waals surface area contributed by atoms with Crippen LogP contribution in [0.25, 0.3) is 0 Å². The van der Waals surface area contributed by atoms with Crippen LogP contribution in [0.3, 0.4) is 0 Å². The Morgan fingerprint density at radius 1 is 1.13 bits per heavy atom. The van der Waals surface area contributed by atoms with Crippen LogP contribution in [0.15, 0.2) is 36.1 Å². The maximum Gasteiger partial charge on any atom is 0.416 e. The van der Waals surface area contributed by atoms with Gasteiger partial charge in [0.25, 0.3) is 5.91 Å². The topological polar surface area (TPSA) is 67.8 Å². The number of carbonyl (C=O) groups excluding carboxylic acids is 1. The van der Waals surface area contributed by atoms with Gasteiger partial charge in [-0.05, 0) is 49.5 Å². The SMILES string of the molecule is O=C(NC1CCCCC1)C1=C[C@@H](c2ccc(C(F)(F)F)cc2)C[C@@H](OCCCCO)O1. The Hall–Kier alpha value is -2.06. The van der Waals surface area contributed by atoms with Crippen molar-refractivity contribution in [3.63, 3.8) is 0 Å². The molecule has 8 heteroatoms. The van der Waals surface area contributed by atoms with E-state index in [1.54, 1.807) is 6.08 Å². The molecule has 1 aromatic rings. The zero-order chi connectivity index (χ0) is 22.3. The minimum atomic E-state index is -4.40. The van der Waals surface area contributed by atoms with Crippen LogP contribution in [0.4, 0.5) is 13.2 Å². The Morgan fingerprint density at radius 3 is 2.48 bits per heavy atom. The first-order chi connectivity index (χ1) is 14.9. The smallest absolute Gasteiger partial charge is 0.416 e. The van der Waals surface area contributed by atoms with E-state index >= 15 is 0 Å². The van der Waals surface area contributed by atoms with Gasteiger partial charge >= 0.3 is 6.18 Å². The summed E-state index contributed by atoms with van der Waals surface area (Å²) in [6, 6.07) is 5.10. The van der Waals surface area contributed by atoms with Crippen molar-refractivity contribution in [1.82, 2.24) is 5.32 Å². The zero-order valence-corrected chi connectivity index (χ0v) is 17.5. The van der Waals surface area contributed by atoms with Gasteiger partial charge in [0.1, 0.15) is 0 Å². The average Bonchev–Trinajstić information content (AvgIpc) is 2.77. The number of hydrogen-bond donors (Lipinski definition) is 2. The first-order valence-electron chi connectivity index (χ1n) is 11.0. The molecule has 2 aliphatic rings. The largest absolute Gasteiger partial charge is 0.459 e. The number of allylic oxidation sites excluding steroid dienone is 1. The molecule has 1 aromatic carbocycles. The Morgan fingerprint density at radius 2 is 1.84 bits per heavy atom. The molecular weight excluding hydrogens is 411 g/mol. The lowest BCUT2D eigenvalue weighted by Gasteiger charge is -2.30. The Balaban J connectivity index is 1.73. The summed E-state index contributed by atoms with van der Waals surface area (Å²) in [4.78, 5) is 12.8. The van der Waals surface area contributed by atoms with Crippen molar-refractivity contribution < 1.29 is 32.5 Å². The van der Waals surface area contributed by atoms with Crippen LogP contribution in [-0.4, -0.2) is 36.6 Å². The van der Waals surface area contributed by atoms with Crippen LogP contribution in [0.2, 0.25) is 0 Å². The second kappa shape index (κ2) is 11.0. The molecule has 0 aromatic heterocycles. The monoisotopic (exact) mass is 441 g/mol. The predicted molar refractivity (Wildman–Crippen MR) is 109 cm³/mol. The van der Waals surface area contributed by atoms with E-state index in [1.807, 2.05) is 0 Å². The van der Waals surface area contributed by atoms with Crippen LogP contribution in [0.5, 0.6) is 0 Å². The number of hydrogen-bond acceptors (Lipinski definition) is 4. The lowest BCUT2D eigenvalue weighted by molar-refractivity contribution is -0.147. The first kappa shape index (κ1) is 23.6. The number of halogens is 3. The maximum absolute atomic E-state index is 12.9. The number of aliphatic hydroxyl groups excluding tert-OH is 1. The molecule has 1 aliphatic carbocycles. The summed E-state index contributed by atoms with van der Waals surface area (Å²) in [6.07, 6.45) is 3.44. The van der Waals surface area contributed by atoms with E-state index in [0.29, 0.717) is 31.4 Å². The fourth-order valence-electron chi connectivity index (χ4n) is 4.00. The van der Waals surface area contributed by atoms with Crippen molar-refractivity contribution in [3.8, 4) is 0 Å². The number of nitrogens with one attached hydrogen (secondary N) is 1. The van der Waals surface area contributed by atoms with Gasteiger partial charge in [0, 0.05) is 25.0 Å². The predicted octanol–water partition coefficient (Wildman–Crippen LogP) is 4.66. The van der Waals surface area contributed by atoms with E-state index in [2.05, 4.69) is 5.32 Å². The first-order valence-corrected chi connectivity index (χ1v) is 11.0. The second-order valence-corrected chi connectivity index (χ2v) is 8.15. The number of aliphatic hydroxyl groups is 1. The molecule has 31 heavy (non-hydrogen) atoms. The van der Waals surface area contributed by atoms with E-state index < -0.39 is 18.0 Å². The van der Waals surface area contributed by atoms with Crippen LogP contribution < -0.4 is 5.32 Å². The van der Waals surface area contributed by atoms with Crippen LogP contribution >= 0.6 is 0 Å². The highest BCUT2D eigenvalue weighted by Crippen LogP contribution is 2.34. The fourth-order valence-corrected chi connectivity index (χ4v) is 4.00. The standard InChI is InChI=1S/C23H30F3NO4/c24-23(25,26)18-10-8-16(9-11-18)17-14-20(22(29)27-19-6-2-1-3-7-19)31-21(15-17)30-13-5-4-12-28/h8-11,14,17,19,21,28H,1-7,12-13,15H2,(H,27,29)/t17-,21+/m1/s1. The van der Waals surface area contributed by atoms with Gasteiger partial charge in [-0.3, -0.25) is 4.79 Å². The summed E-state index contributed by atoms with van der Waals surface area (Å²) in [7, 11) is 0. The van der Waals surface area contributed by atoms with Gasteiger partial charge in [0.05, 0.1) is 12.2 Å². The molecule has 172 valence electrons. The van der Waals surface area contributed by atoms with Gasteiger partial charge in [-0.25, -0.2) is 0 Å². The molecule has 5 nitrogen and oxygen atoms in total. The van der Waals surface area contributed by atoms with E-state index in [9.17, 15) is 18.0 Å². The summed E-state index contributed by atoms with van der Waals surface area (Å²) in [5.41, 5.74) is -0.0393. The molecule has 1 saturated carbocycles. The van der Waals surface area contributed by atoms with Gasteiger partial charge in [-0.1, -0.05) is 31.4 Å². The summed E-state index contributed by atoms with van der Waals surface area (Å²) in [6.45, 7) is 0.431. The number of carbonyl (C=O) groups is 1. The lowest BCUT2D eigenvalue weighted by atomic mass is 9.91. The Labute approximate surface area is 180 Å². The Kier molecular flexibility index (Phi) is 8.37. The highest BCUT2D eigenvalue weighted by molar-refractivity contribution is 5.92. The molecule has 1 aliphatic heterocycles. The van der Waals surface area contributed by atoms with E-state index in [-0.39, 0.29) is 30.2 Å². The van der Waals surface area contributed by atoms with Crippen molar-refractivity contribution >= 4 is 5.91 Å². The van der Waals surface area contributed by atoms with Gasteiger partial charge in [0.15, 0.2) is 5.76 Å². The quantitative estimate of drug-likeness (QED) is 0.576. The van der Waals surface area contributed by atoms with Crippen molar-refractivity contribution in [2.45, 2.75) is 75.8 Å². The number of ether oxygens (including phenoxy) is 2. The van der Waals surface area contributed by atoms with E-state index in [1.165, 1.54) is 18.6 Å². The summed E-state index contributed by atoms with van der Waals surface area (Å²) < 4.78 is 50.2. The summed E-state index contributed by atoms with van der Waals surface area (Å²) in [5, 5.41) is 11.9. The van der Waals surface area contributed by atoms with Crippen LogP contribution in [-0.2, 0) is 20.4 Å². The average molecular weight is 441 g/mol. The van der Waals surface area contributed by atoms with Gasteiger partial charge in [-0.2, -0.15) is 13.2 Å². The molecule has 2 N–H and O–H groups in total. The minimum Gasteiger partial charge on any atom is -0.459 e. The van der Waals surface area contributed by atoms with Crippen molar-refractivity contribution in [2.24, 2.45) is 0 Å². The third-order valence-corrected chi connectivity index (χ3v) is 5.74. The number of alkyl halides is 3. The number of amides is 1. The van der Waals surface area contributed by atoms with Crippen molar-refractivity contribution in [2.75, 3.05) is 13.2 Å². The number of benzene rings is 1. The minimum absolute atomic E-state index is 0.0675. The second-order valence-electron chi connectivity index (χ2n) is 8.15. The van der Waals surface area contributed by atoms with Crippen molar-refractivity contribution in [3.05, 3.63) is 47.2 Å². The normalized spacial score (nSPS) is 22.5. The third kappa shape index (κ3) is 6.97. The zero-order valence-electron chi connectivity index (χ0n) is 17.5. The Bertz CT molecular complexity index is 742. The summed E-state index contributed by atoms with van der Waals surface area (Å²) >= 11 is 0.